The second kappa shape index (κ2) is 9.14. The van der Waals surface area contributed by atoms with Crippen molar-refractivity contribution in [2.75, 3.05) is 6.61 Å². The summed E-state index contributed by atoms with van der Waals surface area (Å²) in [5, 5.41) is 16.0. The van der Waals surface area contributed by atoms with E-state index in [1.165, 1.54) is 18.2 Å². The molecule has 0 unspecified atom stereocenters. The fourth-order valence-electron chi connectivity index (χ4n) is 3.30. The van der Waals surface area contributed by atoms with Crippen molar-refractivity contribution in [2.45, 2.75) is 18.7 Å². The highest BCUT2D eigenvalue weighted by molar-refractivity contribution is 7.89. The molecule has 0 spiro atoms. The summed E-state index contributed by atoms with van der Waals surface area (Å²) in [6.07, 6.45) is 0. The molecule has 2 aromatic carbocycles. The topological polar surface area (TPSA) is 152 Å². The summed E-state index contributed by atoms with van der Waals surface area (Å²) in [5.41, 5.74) is 1.57. The summed E-state index contributed by atoms with van der Waals surface area (Å²) >= 11 is 5.93. The molecule has 0 bridgehead atoms. The van der Waals surface area contributed by atoms with Gasteiger partial charge in [0.15, 0.2) is 6.61 Å². The Hall–Kier alpha value is -3.54. The highest BCUT2D eigenvalue weighted by atomic mass is 35.5. The van der Waals surface area contributed by atoms with Crippen LogP contribution in [0.2, 0.25) is 5.02 Å². The summed E-state index contributed by atoms with van der Waals surface area (Å²) in [7, 11) is -3.84. The molecule has 1 heterocycles. The van der Waals surface area contributed by atoms with Crippen LogP contribution < -0.4 is 5.14 Å². The Balaban J connectivity index is 1.80. The summed E-state index contributed by atoms with van der Waals surface area (Å²) < 4.78 is 29.7. The summed E-state index contributed by atoms with van der Waals surface area (Å²) in [5.74, 6) is -1.46. The monoisotopic (exact) mass is 491 g/mol. The zero-order chi connectivity index (χ0) is 24.5. The third kappa shape index (κ3) is 5.11. The molecule has 0 aliphatic heterocycles. The van der Waals surface area contributed by atoms with Crippen molar-refractivity contribution in [3.8, 4) is 5.69 Å². The van der Waals surface area contributed by atoms with Crippen LogP contribution in [0.25, 0.3) is 5.69 Å². The molecule has 12 heteroatoms. The number of halogens is 1. The Kier molecular flexibility index (Phi) is 6.68. The molecule has 10 nitrogen and oxygen atoms in total. The van der Waals surface area contributed by atoms with Gasteiger partial charge in [-0.3, -0.25) is 14.9 Å². The molecule has 2 N–H and O–H groups in total. The van der Waals surface area contributed by atoms with Gasteiger partial charge in [-0.05, 0) is 50.2 Å². The lowest BCUT2D eigenvalue weighted by Crippen LogP contribution is -2.15. The van der Waals surface area contributed by atoms with E-state index in [1.807, 2.05) is 0 Å². The number of carbonyl (C=O) groups excluding carboxylic acids is 2. The van der Waals surface area contributed by atoms with Crippen molar-refractivity contribution in [1.82, 2.24) is 4.57 Å². The van der Waals surface area contributed by atoms with Crippen molar-refractivity contribution in [3.63, 3.8) is 0 Å². The zero-order valence-corrected chi connectivity index (χ0v) is 19.0. The average molecular weight is 492 g/mol. The zero-order valence-electron chi connectivity index (χ0n) is 17.4. The first-order chi connectivity index (χ1) is 15.4. The number of nitrogens with zero attached hydrogens (tertiary/aromatic N) is 2. The van der Waals surface area contributed by atoms with Gasteiger partial charge < -0.3 is 9.30 Å². The van der Waals surface area contributed by atoms with Gasteiger partial charge in [0.05, 0.1) is 20.4 Å². The van der Waals surface area contributed by atoms with Crippen LogP contribution in [0.4, 0.5) is 5.69 Å². The molecule has 1 aromatic heterocycles. The number of nitro benzene ring substituents is 1. The normalized spacial score (nSPS) is 11.3. The molecular formula is C21H18ClN3O7S. The van der Waals surface area contributed by atoms with E-state index in [2.05, 4.69) is 0 Å². The van der Waals surface area contributed by atoms with Gasteiger partial charge in [0.2, 0.25) is 15.8 Å². The molecule has 0 saturated carbocycles. The predicted octanol–water partition coefficient (Wildman–Crippen LogP) is 3.34. The number of esters is 1. The first kappa shape index (κ1) is 24.1. The van der Waals surface area contributed by atoms with Gasteiger partial charge in [0.1, 0.15) is 0 Å². The number of hydrogen-bond acceptors (Lipinski definition) is 7. The second-order valence-corrected chi connectivity index (χ2v) is 9.05. The Morgan fingerprint density at radius 3 is 2.30 bits per heavy atom. The number of sulfonamides is 1. The Morgan fingerprint density at radius 1 is 1.09 bits per heavy atom. The summed E-state index contributed by atoms with van der Waals surface area (Å²) in [4.78, 5) is 35.2. The van der Waals surface area contributed by atoms with Crippen LogP contribution in [0.3, 0.4) is 0 Å². The number of aromatic nitrogens is 1. The van der Waals surface area contributed by atoms with Crippen molar-refractivity contribution < 1.29 is 27.7 Å². The molecule has 0 aliphatic carbocycles. The van der Waals surface area contributed by atoms with Crippen LogP contribution in [0, 0.1) is 24.0 Å². The standard InChI is InChI=1S/C21H18ClN3O7S/c1-12-9-17(13(2)24(12)14-3-6-16(7-4-14)33(23,30)31)20(26)11-32-21(27)18-10-15(25(28)29)5-8-19(18)22/h3-10H,11H2,1-2H3,(H2,23,30,31). The van der Waals surface area contributed by atoms with E-state index in [0.29, 0.717) is 22.6 Å². The molecule has 172 valence electrons. The molecule has 3 rings (SSSR count). The number of ether oxygens (including phenoxy) is 1. The third-order valence-corrected chi connectivity index (χ3v) is 6.13. The number of ketones is 1. The molecular weight excluding hydrogens is 474 g/mol. The number of nitrogens with two attached hydrogens (primary N) is 1. The second-order valence-electron chi connectivity index (χ2n) is 7.08. The number of aryl methyl sites for hydroxylation is 1. The number of nitro groups is 1. The lowest BCUT2D eigenvalue weighted by atomic mass is 10.1. The number of primary sulfonamides is 1. The number of carbonyl (C=O) groups is 2. The van der Waals surface area contributed by atoms with Gasteiger partial charge in [0.25, 0.3) is 5.69 Å². The molecule has 0 fully saturated rings. The maximum absolute atomic E-state index is 12.7. The Bertz CT molecular complexity index is 1380. The summed E-state index contributed by atoms with van der Waals surface area (Å²) in [6.45, 7) is 2.84. The smallest absolute Gasteiger partial charge is 0.340 e. The largest absolute Gasteiger partial charge is 0.454 e. The average Bonchev–Trinajstić information content (AvgIpc) is 3.05. The highest BCUT2D eigenvalue weighted by Crippen LogP contribution is 2.24. The van der Waals surface area contributed by atoms with E-state index >= 15 is 0 Å². The first-order valence-corrected chi connectivity index (χ1v) is 11.3. The Morgan fingerprint density at radius 2 is 1.73 bits per heavy atom. The quantitative estimate of drug-likeness (QED) is 0.230. The first-order valence-electron chi connectivity index (χ1n) is 9.36. The van der Waals surface area contributed by atoms with E-state index < -0.39 is 33.3 Å². The van der Waals surface area contributed by atoms with Crippen molar-refractivity contribution >= 4 is 39.1 Å². The van der Waals surface area contributed by atoms with Crippen molar-refractivity contribution in [3.05, 3.63) is 86.2 Å². The van der Waals surface area contributed by atoms with Crippen molar-refractivity contribution in [2.24, 2.45) is 5.14 Å². The van der Waals surface area contributed by atoms with E-state index in [-0.39, 0.29) is 21.2 Å². The fourth-order valence-corrected chi connectivity index (χ4v) is 4.01. The lowest BCUT2D eigenvalue weighted by Gasteiger charge is -2.11. The minimum Gasteiger partial charge on any atom is -0.454 e. The molecule has 3 aromatic rings. The van der Waals surface area contributed by atoms with Gasteiger partial charge in [0, 0.05) is 34.8 Å². The molecule has 33 heavy (non-hydrogen) atoms. The maximum Gasteiger partial charge on any atom is 0.340 e. The predicted molar refractivity (Wildman–Crippen MR) is 119 cm³/mol. The third-order valence-electron chi connectivity index (χ3n) is 4.87. The van der Waals surface area contributed by atoms with Crippen LogP contribution in [0.1, 0.15) is 32.1 Å². The number of rotatable bonds is 7. The number of hydrogen-bond donors (Lipinski definition) is 1. The highest BCUT2D eigenvalue weighted by Gasteiger charge is 2.21. The van der Waals surface area contributed by atoms with Gasteiger partial charge in [-0.1, -0.05) is 11.6 Å². The van der Waals surface area contributed by atoms with Crippen LogP contribution in [0.15, 0.2) is 53.4 Å². The van der Waals surface area contributed by atoms with Crippen LogP contribution >= 0.6 is 11.6 Å². The molecule has 0 aliphatic rings. The molecule has 0 atom stereocenters. The number of Topliss-reactive ketones (excluding diaryl/α,β-unsaturated/α-hetero) is 1. The molecule has 0 radical (unpaired) electrons. The van der Waals surface area contributed by atoms with E-state index in [1.54, 1.807) is 36.6 Å². The van der Waals surface area contributed by atoms with Gasteiger partial charge in [-0.15, -0.1) is 0 Å². The van der Waals surface area contributed by atoms with E-state index in [9.17, 15) is 28.1 Å². The van der Waals surface area contributed by atoms with E-state index in [0.717, 1.165) is 12.1 Å². The van der Waals surface area contributed by atoms with Gasteiger partial charge in [-0.2, -0.15) is 0 Å². The molecule has 0 saturated heterocycles. The van der Waals surface area contributed by atoms with Gasteiger partial charge in [-0.25, -0.2) is 18.4 Å². The lowest BCUT2D eigenvalue weighted by molar-refractivity contribution is -0.384. The minimum absolute atomic E-state index is 0.0424. The number of non-ortho nitro benzene ring substituents is 1. The SMILES string of the molecule is Cc1cc(C(=O)COC(=O)c2cc([N+](=O)[O-])ccc2Cl)c(C)n1-c1ccc(S(N)(=O)=O)cc1. The minimum atomic E-state index is -3.84. The van der Waals surface area contributed by atoms with Crippen LogP contribution in [-0.2, 0) is 14.8 Å². The van der Waals surface area contributed by atoms with Crippen molar-refractivity contribution in [1.29, 1.82) is 0 Å². The summed E-state index contributed by atoms with van der Waals surface area (Å²) in [6, 6.07) is 10.8. The maximum atomic E-state index is 12.7. The number of benzene rings is 2. The van der Waals surface area contributed by atoms with E-state index in [4.69, 9.17) is 21.5 Å². The van der Waals surface area contributed by atoms with Crippen LogP contribution in [-0.4, -0.2) is 36.3 Å². The fraction of sp³-hybridized carbons (Fsp3) is 0.143. The van der Waals surface area contributed by atoms with Crippen LogP contribution in [0.5, 0.6) is 0 Å². The Labute approximate surface area is 193 Å². The van der Waals surface area contributed by atoms with Gasteiger partial charge >= 0.3 is 5.97 Å². The molecule has 0 amide bonds.